The van der Waals surface area contributed by atoms with Gasteiger partial charge in [0.25, 0.3) is 0 Å². The van der Waals surface area contributed by atoms with Crippen molar-refractivity contribution in [3.05, 3.63) is 0 Å². The topological polar surface area (TPSA) is 156 Å². The van der Waals surface area contributed by atoms with E-state index in [-0.39, 0.29) is 5.91 Å². The van der Waals surface area contributed by atoms with Gasteiger partial charge < -0.3 is 27.0 Å². The zero-order valence-corrected chi connectivity index (χ0v) is 10.7. The second-order valence-electron chi connectivity index (χ2n) is 4.23. The van der Waals surface area contributed by atoms with Crippen molar-refractivity contribution < 1.29 is 24.6 Å². The maximum atomic E-state index is 10.4. The summed E-state index contributed by atoms with van der Waals surface area (Å²) in [6.45, 7) is 0.604. The highest BCUT2D eigenvalue weighted by Crippen LogP contribution is 2.05. The molecule has 7 N–H and O–H groups in total. The molecule has 0 aromatic heterocycles. The minimum absolute atomic E-state index is 0.164. The van der Waals surface area contributed by atoms with E-state index in [2.05, 4.69) is 5.32 Å². The van der Waals surface area contributed by atoms with Crippen molar-refractivity contribution in [2.45, 2.75) is 44.2 Å². The molecule has 1 unspecified atom stereocenters. The van der Waals surface area contributed by atoms with Gasteiger partial charge in [0.1, 0.15) is 12.1 Å². The van der Waals surface area contributed by atoms with E-state index in [0.29, 0.717) is 25.8 Å². The lowest BCUT2D eigenvalue weighted by Gasteiger charge is -2.03. The average molecular weight is 275 g/mol. The van der Waals surface area contributed by atoms with Crippen LogP contribution in [0.3, 0.4) is 0 Å². The van der Waals surface area contributed by atoms with Crippen LogP contribution in [-0.4, -0.2) is 46.7 Å². The molecular formula is C11H21N3O5. The van der Waals surface area contributed by atoms with Crippen LogP contribution >= 0.6 is 0 Å². The van der Waals surface area contributed by atoms with Gasteiger partial charge in [0.2, 0.25) is 5.91 Å². The van der Waals surface area contributed by atoms with E-state index in [0.717, 1.165) is 12.8 Å². The summed E-state index contributed by atoms with van der Waals surface area (Å²) in [5.41, 5.74) is 10.4. The number of unbranched alkanes of at least 4 members (excludes halogenated alkanes) is 1. The zero-order valence-electron chi connectivity index (χ0n) is 10.7. The summed E-state index contributed by atoms with van der Waals surface area (Å²) in [6.07, 6.45) is 2.93. The van der Waals surface area contributed by atoms with Gasteiger partial charge in [-0.05, 0) is 25.8 Å². The Bertz CT molecular complexity index is 321. The number of carboxylic acids is 2. The predicted molar refractivity (Wildman–Crippen MR) is 67.3 cm³/mol. The number of nitrogens with one attached hydrogen (secondary N) is 1. The Morgan fingerprint density at radius 3 is 2.32 bits per heavy atom. The minimum Gasteiger partial charge on any atom is -0.480 e. The number of aliphatic carboxylic acids is 2. The molecule has 0 bridgehead atoms. The van der Waals surface area contributed by atoms with Crippen molar-refractivity contribution in [1.82, 2.24) is 5.32 Å². The molecule has 110 valence electrons. The van der Waals surface area contributed by atoms with Crippen LogP contribution in [0, 0.1) is 0 Å². The van der Waals surface area contributed by atoms with Crippen molar-refractivity contribution >= 4 is 17.8 Å². The minimum atomic E-state index is -0.944. The first-order valence-corrected chi connectivity index (χ1v) is 6.09. The lowest BCUT2D eigenvalue weighted by Crippen LogP contribution is -2.32. The van der Waals surface area contributed by atoms with Gasteiger partial charge in [-0.2, -0.15) is 0 Å². The summed E-state index contributed by atoms with van der Waals surface area (Å²) in [5.74, 6) is -2.04. The van der Waals surface area contributed by atoms with Crippen LogP contribution in [0.5, 0.6) is 0 Å². The molecule has 0 saturated carbocycles. The Labute approximate surface area is 111 Å². The number of carboxylic acid groups (broad SMARTS) is 2. The second kappa shape index (κ2) is 9.29. The summed E-state index contributed by atoms with van der Waals surface area (Å²) in [5, 5.41) is 19.0. The summed E-state index contributed by atoms with van der Waals surface area (Å²) in [4.78, 5) is 30.7. The van der Waals surface area contributed by atoms with Crippen LogP contribution < -0.4 is 16.8 Å². The molecule has 0 spiro atoms. The Balaban J connectivity index is 0.000000342. The predicted octanol–water partition coefficient (Wildman–Crippen LogP) is -1.12. The largest absolute Gasteiger partial charge is 0.480 e. The highest BCUT2D eigenvalue weighted by atomic mass is 16.4. The van der Waals surface area contributed by atoms with E-state index in [4.69, 9.17) is 21.7 Å². The molecule has 0 aromatic carbocycles. The van der Waals surface area contributed by atoms with Gasteiger partial charge in [-0.25, -0.2) is 4.79 Å². The molecule has 0 aliphatic carbocycles. The van der Waals surface area contributed by atoms with Gasteiger partial charge in [-0.3, -0.25) is 9.59 Å². The Hall–Kier alpha value is -1.67. The number of hydrogen-bond acceptors (Lipinski definition) is 5. The first-order chi connectivity index (χ1) is 8.88. The number of hydrogen-bond donors (Lipinski definition) is 5. The van der Waals surface area contributed by atoms with Gasteiger partial charge in [-0.1, -0.05) is 6.42 Å². The van der Waals surface area contributed by atoms with Gasteiger partial charge >= 0.3 is 11.9 Å². The highest BCUT2D eigenvalue weighted by molar-refractivity contribution is 5.87. The van der Waals surface area contributed by atoms with E-state index in [1.165, 1.54) is 0 Å². The fourth-order valence-electron chi connectivity index (χ4n) is 1.43. The summed E-state index contributed by atoms with van der Waals surface area (Å²) in [7, 11) is 0. The molecule has 1 aliphatic heterocycles. The zero-order chi connectivity index (χ0) is 14.8. The Morgan fingerprint density at radius 1 is 1.37 bits per heavy atom. The third kappa shape index (κ3) is 8.11. The van der Waals surface area contributed by atoms with Crippen LogP contribution in [0.25, 0.3) is 0 Å². The Kier molecular flexibility index (Phi) is 8.47. The molecular weight excluding hydrogens is 254 g/mol. The summed E-state index contributed by atoms with van der Waals surface area (Å²) in [6, 6.07) is -1.36. The van der Waals surface area contributed by atoms with Crippen LogP contribution in [0.1, 0.15) is 32.1 Å². The molecule has 1 aliphatic rings. The molecule has 1 amide bonds. The van der Waals surface area contributed by atoms with Crippen molar-refractivity contribution in [2.75, 3.05) is 6.54 Å². The molecule has 1 saturated heterocycles. The van der Waals surface area contributed by atoms with Crippen LogP contribution in [0.2, 0.25) is 0 Å². The quantitative estimate of drug-likeness (QED) is 0.384. The maximum Gasteiger partial charge on any atom is 0.326 e. The number of carbonyl (C=O) groups excluding carboxylic acids is 1. The van der Waals surface area contributed by atoms with Crippen LogP contribution in [0.4, 0.5) is 0 Å². The monoisotopic (exact) mass is 275 g/mol. The van der Waals surface area contributed by atoms with Crippen molar-refractivity contribution in [3.8, 4) is 0 Å². The fourth-order valence-corrected chi connectivity index (χ4v) is 1.43. The number of rotatable bonds is 6. The van der Waals surface area contributed by atoms with Gasteiger partial charge in [0, 0.05) is 6.42 Å². The lowest BCUT2D eigenvalue weighted by molar-refractivity contribution is -0.140. The first-order valence-electron chi connectivity index (χ1n) is 6.09. The maximum absolute atomic E-state index is 10.4. The SMILES string of the molecule is NCCCC[C@H](N)C(=O)O.O=C1CCC(C(=O)O)N1. The number of carbonyl (C=O) groups is 3. The van der Waals surface area contributed by atoms with E-state index >= 15 is 0 Å². The summed E-state index contributed by atoms with van der Waals surface area (Å²) < 4.78 is 0. The number of nitrogens with two attached hydrogens (primary N) is 2. The molecule has 1 rings (SSSR count). The highest BCUT2D eigenvalue weighted by Gasteiger charge is 2.26. The average Bonchev–Trinajstić information content (AvgIpc) is 2.77. The van der Waals surface area contributed by atoms with Gasteiger partial charge in [0.05, 0.1) is 0 Å². The molecule has 1 heterocycles. The van der Waals surface area contributed by atoms with Gasteiger partial charge in [-0.15, -0.1) is 0 Å². The van der Waals surface area contributed by atoms with E-state index in [1.54, 1.807) is 0 Å². The fraction of sp³-hybridized carbons (Fsp3) is 0.727. The molecule has 2 atom stereocenters. The van der Waals surface area contributed by atoms with Crippen molar-refractivity contribution in [1.29, 1.82) is 0 Å². The van der Waals surface area contributed by atoms with E-state index in [1.807, 2.05) is 0 Å². The molecule has 0 aromatic rings. The Morgan fingerprint density at radius 2 is 2.00 bits per heavy atom. The van der Waals surface area contributed by atoms with Crippen molar-refractivity contribution in [2.24, 2.45) is 11.5 Å². The molecule has 8 nitrogen and oxygen atoms in total. The van der Waals surface area contributed by atoms with Crippen molar-refractivity contribution in [3.63, 3.8) is 0 Å². The van der Waals surface area contributed by atoms with E-state index < -0.39 is 24.0 Å². The standard InChI is InChI=1S/C6H14N2O2.C5H7NO3/c7-4-2-1-3-5(8)6(9)10;7-4-2-1-3(6-4)5(8)9/h5H,1-4,7-8H2,(H,9,10);3H,1-2H2,(H,6,7)(H,8,9)/t5-;/m0./s1. The van der Waals surface area contributed by atoms with E-state index in [9.17, 15) is 14.4 Å². The van der Waals surface area contributed by atoms with Gasteiger partial charge in [0.15, 0.2) is 0 Å². The smallest absolute Gasteiger partial charge is 0.326 e. The molecule has 0 radical (unpaired) electrons. The lowest BCUT2D eigenvalue weighted by atomic mass is 10.1. The second-order valence-corrected chi connectivity index (χ2v) is 4.23. The van der Waals surface area contributed by atoms with Crippen LogP contribution in [0.15, 0.2) is 0 Å². The molecule has 19 heavy (non-hydrogen) atoms. The molecule has 8 heteroatoms. The third-order valence-electron chi connectivity index (χ3n) is 2.58. The molecule has 1 fully saturated rings. The summed E-state index contributed by atoms with van der Waals surface area (Å²) >= 11 is 0. The van der Waals surface area contributed by atoms with Crippen LogP contribution in [-0.2, 0) is 14.4 Å². The normalized spacial score (nSPS) is 19.1. The third-order valence-corrected chi connectivity index (χ3v) is 2.58. The first kappa shape index (κ1) is 17.3. The number of amides is 1.